The van der Waals surface area contributed by atoms with Gasteiger partial charge < -0.3 is 15.4 Å². The highest BCUT2D eigenvalue weighted by Crippen LogP contribution is 2.48. The Kier molecular flexibility index (Phi) is 6.19. The van der Waals surface area contributed by atoms with E-state index in [-0.39, 0.29) is 29.8 Å². The summed E-state index contributed by atoms with van der Waals surface area (Å²) in [6, 6.07) is 9.02. The zero-order valence-corrected chi connectivity index (χ0v) is 19.7. The lowest BCUT2D eigenvalue weighted by molar-refractivity contribution is 0.318. The van der Waals surface area contributed by atoms with Gasteiger partial charge >= 0.3 is 0 Å². The summed E-state index contributed by atoms with van der Waals surface area (Å²) in [4.78, 5) is 0. The first-order valence-corrected chi connectivity index (χ1v) is 13.8. The van der Waals surface area contributed by atoms with Gasteiger partial charge in [0.15, 0.2) is 5.84 Å². The van der Waals surface area contributed by atoms with Crippen LogP contribution in [0.2, 0.25) is 0 Å². The third-order valence-corrected chi connectivity index (χ3v) is 7.51. The average molecular weight is 494 g/mol. The van der Waals surface area contributed by atoms with E-state index in [1.807, 2.05) is 6.07 Å². The number of hydrogen-bond donors (Lipinski definition) is 2. The van der Waals surface area contributed by atoms with E-state index in [9.17, 15) is 22.2 Å². The van der Waals surface area contributed by atoms with Crippen LogP contribution in [0.25, 0.3) is 22.3 Å². The van der Waals surface area contributed by atoms with Gasteiger partial charge in [0.2, 0.25) is 10.0 Å². The molecule has 8 nitrogen and oxygen atoms in total. The number of benzene rings is 2. The molecule has 0 aliphatic heterocycles. The van der Waals surface area contributed by atoms with Crippen LogP contribution in [-0.4, -0.2) is 48.5 Å². The monoisotopic (exact) mass is 493 g/mol. The fourth-order valence-corrected chi connectivity index (χ4v) is 5.37. The predicted octanol–water partition coefficient (Wildman–Crippen LogP) is 3.36. The Labute approximate surface area is 193 Å². The molecule has 1 aliphatic carbocycles. The maximum absolute atomic E-state index is 13.5. The van der Waals surface area contributed by atoms with E-state index in [0.29, 0.717) is 27.8 Å². The van der Waals surface area contributed by atoms with Gasteiger partial charge in [-0.05, 0) is 54.7 Å². The summed E-state index contributed by atoms with van der Waals surface area (Å²) in [5.74, 6) is 0.0215. The summed E-state index contributed by atoms with van der Waals surface area (Å²) < 4.78 is 57.7. The van der Waals surface area contributed by atoms with Gasteiger partial charge in [-0.3, -0.25) is 8.51 Å². The summed E-state index contributed by atoms with van der Waals surface area (Å²) in [6.45, 7) is 0.0613. The topological polar surface area (TPSA) is 126 Å². The minimum absolute atomic E-state index is 0.0613. The van der Waals surface area contributed by atoms with E-state index in [1.54, 1.807) is 6.07 Å². The van der Waals surface area contributed by atoms with Crippen molar-refractivity contribution < 1.29 is 26.6 Å². The van der Waals surface area contributed by atoms with Crippen molar-refractivity contribution in [2.75, 3.05) is 29.1 Å². The first-order valence-electron chi connectivity index (χ1n) is 10.2. The van der Waals surface area contributed by atoms with Crippen LogP contribution in [0, 0.1) is 5.82 Å². The molecule has 176 valence electrons. The molecular weight excluding hydrogens is 469 g/mol. The first kappa shape index (κ1) is 23.2. The quantitative estimate of drug-likeness (QED) is 0.214. The van der Waals surface area contributed by atoms with Crippen molar-refractivity contribution >= 4 is 43.3 Å². The molecule has 0 spiro atoms. The summed E-state index contributed by atoms with van der Waals surface area (Å²) >= 11 is 0. The summed E-state index contributed by atoms with van der Waals surface area (Å²) in [5, 5.41) is 13.1. The molecule has 1 aliphatic rings. The SMILES string of the molecule is CS(=O)CCN(c1cc2oc(-c3ccc(F)cc3)c(C(N)=NO)c2cc1C1CC1)S(C)(=O)=O. The summed E-state index contributed by atoms with van der Waals surface area (Å²) in [7, 11) is -4.84. The molecule has 1 unspecified atom stereocenters. The van der Waals surface area contributed by atoms with Crippen LogP contribution >= 0.6 is 0 Å². The van der Waals surface area contributed by atoms with E-state index in [0.717, 1.165) is 24.7 Å². The van der Waals surface area contributed by atoms with E-state index >= 15 is 0 Å². The van der Waals surface area contributed by atoms with Gasteiger partial charge in [0, 0.05) is 46.4 Å². The van der Waals surface area contributed by atoms with Crippen LogP contribution in [0.4, 0.5) is 10.1 Å². The smallest absolute Gasteiger partial charge is 0.232 e. The molecule has 0 bridgehead atoms. The largest absolute Gasteiger partial charge is 0.455 e. The third-order valence-electron chi connectivity index (χ3n) is 5.58. The number of halogens is 1. The van der Waals surface area contributed by atoms with Crippen molar-refractivity contribution in [1.29, 1.82) is 0 Å². The van der Waals surface area contributed by atoms with E-state index in [1.165, 1.54) is 34.8 Å². The number of amidine groups is 1. The second-order valence-electron chi connectivity index (χ2n) is 8.09. The van der Waals surface area contributed by atoms with Crippen LogP contribution < -0.4 is 10.0 Å². The molecule has 3 aromatic rings. The predicted molar refractivity (Wildman–Crippen MR) is 127 cm³/mol. The average Bonchev–Trinajstić information content (AvgIpc) is 3.53. The van der Waals surface area contributed by atoms with Crippen LogP contribution in [0.3, 0.4) is 0 Å². The van der Waals surface area contributed by atoms with Crippen molar-refractivity contribution in [3.63, 3.8) is 0 Å². The van der Waals surface area contributed by atoms with Gasteiger partial charge in [-0.15, -0.1) is 0 Å². The number of rotatable bonds is 8. The number of sulfonamides is 1. The Morgan fingerprint density at radius 3 is 2.52 bits per heavy atom. The van der Waals surface area contributed by atoms with Gasteiger partial charge in [-0.2, -0.15) is 0 Å². The van der Waals surface area contributed by atoms with Crippen molar-refractivity contribution in [1.82, 2.24) is 0 Å². The van der Waals surface area contributed by atoms with Crippen LogP contribution in [0.15, 0.2) is 46.0 Å². The Bertz CT molecular complexity index is 1360. The minimum Gasteiger partial charge on any atom is -0.455 e. The molecule has 0 amide bonds. The molecule has 2 aromatic carbocycles. The second kappa shape index (κ2) is 8.79. The molecule has 1 heterocycles. The number of nitrogens with zero attached hydrogens (tertiary/aromatic N) is 2. The number of oxime groups is 1. The van der Waals surface area contributed by atoms with Crippen molar-refractivity contribution in [2.45, 2.75) is 18.8 Å². The van der Waals surface area contributed by atoms with Crippen LogP contribution in [0.5, 0.6) is 0 Å². The van der Waals surface area contributed by atoms with Gasteiger partial charge in [0.05, 0.1) is 17.5 Å². The van der Waals surface area contributed by atoms with Gasteiger partial charge in [0.25, 0.3) is 0 Å². The van der Waals surface area contributed by atoms with E-state index in [2.05, 4.69) is 5.16 Å². The maximum Gasteiger partial charge on any atom is 0.232 e. The van der Waals surface area contributed by atoms with E-state index < -0.39 is 26.6 Å². The molecule has 1 saturated carbocycles. The van der Waals surface area contributed by atoms with Crippen molar-refractivity contribution in [2.24, 2.45) is 10.9 Å². The highest BCUT2D eigenvalue weighted by atomic mass is 32.2. The molecule has 1 atom stereocenters. The highest BCUT2D eigenvalue weighted by molar-refractivity contribution is 7.92. The molecule has 0 radical (unpaired) electrons. The Hall–Kier alpha value is -2.92. The minimum atomic E-state index is -3.66. The van der Waals surface area contributed by atoms with Gasteiger partial charge in [-0.1, -0.05) is 5.16 Å². The zero-order chi connectivity index (χ0) is 23.9. The molecule has 33 heavy (non-hydrogen) atoms. The standard InChI is InChI=1S/C22H24FN3O5S2/c1-32(28)10-9-26(33(2,29)30)18-12-19-17(11-16(18)13-3-4-13)20(22(24)25-27)21(31-19)14-5-7-15(23)8-6-14/h5-8,11-13,27H,3-4,9-10H2,1-2H3,(H2,24,25). The lowest BCUT2D eigenvalue weighted by Crippen LogP contribution is -2.34. The fraction of sp³-hybridized carbons (Fsp3) is 0.318. The lowest BCUT2D eigenvalue weighted by Gasteiger charge is -2.25. The lowest BCUT2D eigenvalue weighted by atomic mass is 10.0. The number of hydrogen-bond acceptors (Lipinski definition) is 6. The summed E-state index contributed by atoms with van der Waals surface area (Å²) in [6.07, 6.45) is 4.44. The van der Waals surface area contributed by atoms with Gasteiger partial charge in [0.1, 0.15) is 17.2 Å². The molecule has 0 saturated heterocycles. The second-order valence-corrected chi connectivity index (χ2v) is 11.6. The molecule has 1 fully saturated rings. The van der Waals surface area contributed by atoms with Crippen LogP contribution in [-0.2, 0) is 20.8 Å². The summed E-state index contributed by atoms with van der Waals surface area (Å²) in [5.41, 5.74) is 8.44. The Morgan fingerprint density at radius 1 is 1.30 bits per heavy atom. The number of nitrogens with two attached hydrogens (primary N) is 1. The molecule has 11 heteroatoms. The first-order chi connectivity index (χ1) is 15.6. The Morgan fingerprint density at radius 2 is 1.97 bits per heavy atom. The maximum atomic E-state index is 13.5. The van der Waals surface area contributed by atoms with E-state index in [4.69, 9.17) is 10.2 Å². The normalized spacial score (nSPS) is 15.7. The number of fused-ring (bicyclic) bond motifs is 1. The molecule has 3 N–H and O–H groups in total. The molecule has 1 aromatic heterocycles. The molecule has 4 rings (SSSR count). The van der Waals surface area contributed by atoms with Crippen molar-refractivity contribution in [3.05, 3.63) is 53.3 Å². The van der Waals surface area contributed by atoms with Crippen LogP contribution in [0.1, 0.15) is 29.9 Å². The third kappa shape index (κ3) is 4.74. The highest BCUT2D eigenvalue weighted by Gasteiger charge is 2.32. The van der Waals surface area contributed by atoms with Crippen molar-refractivity contribution in [3.8, 4) is 11.3 Å². The Balaban J connectivity index is 1.97. The zero-order valence-electron chi connectivity index (χ0n) is 18.1. The fourth-order valence-electron chi connectivity index (χ4n) is 3.87. The molecular formula is C22H24FN3O5S2. The number of anilines is 1. The van der Waals surface area contributed by atoms with Gasteiger partial charge in [-0.25, -0.2) is 12.8 Å². The number of furan rings is 1.